The normalized spacial score (nSPS) is 31.3. The highest BCUT2D eigenvalue weighted by Crippen LogP contribution is 2.58. The molecule has 0 amide bonds. The molecule has 3 fully saturated rings. The fourth-order valence-electron chi connectivity index (χ4n) is 3.65. The molecule has 0 aromatic carbocycles. The fourth-order valence-corrected chi connectivity index (χ4v) is 4.19. The van der Waals surface area contributed by atoms with E-state index in [1.165, 1.54) is 0 Å². The number of imidazole rings is 1. The number of hydrogen-bond acceptors (Lipinski definition) is 4. The Morgan fingerprint density at radius 1 is 1.41 bits per heavy atom. The van der Waals surface area contributed by atoms with Crippen LogP contribution >= 0.6 is 22.6 Å². The van der Waals surface area contributed by atoms with Crippen molar-refractivity contribution in [3.05, 3.63) is 21.7 Å². The summed E-state index contributed by atoms with van der Waals surface area (Å²) >= 11 is 2.27. The number of aromatic nitrogens is 3. The summed E-state index contributed by atoms with van der Waals surface area (Å²) in [6, 6.07) is 0. The summed E-state index contributed by atoms with van der Waals surface area (Å²) in [5.41, 5.74) is 1.28. The zero-order valence-corrected chi connectivity index (χ0v) is 15.3. The van der Waals surface area contributed by atoms with Crippen molar-refractivity contribution in [3.63, 3.8) is 0 Å². The highest BCUT2D eigenvalue weighted by atomic mass is 127. The van der Waals surface area contributed by atoms with Gasteiger partial charge in [-0.05, 0) is 55.7 Å². The molecule has 2 aromatic heterocycles. The molecule has 5 nitrogen and oxygen atoms in total. The minimum absolute atomic E-state index is 0.0719. The lowest BCUT2D eigenvalue weighted by atomic mass is 9.62. The van der Waals surface area contributed by atoms with Crippen LogP contribution < -0.4 is 4.74 Å². The van der Waals surface area contributed by atoms with E-state index in [1.54, 1.807) is 0 Å². The summed E-state index contributed by atoms with van der Waals surface area (Å²) in [6.45, 7) is 7.13. The first-order valence-electron chi connectivity index (χ1n) is 7.79. The maximum Gasteiger partial charge on any atom is 0.237 e. The van der Waals surface area contributed by atoms with E-state index in [2.05, 4.69) is 54.5 Å². The van der Waals surface area contributed by atoms with Gasteiger partial charge in [0.2, 0.25) is 11.7 Å². The summed E-state index contributed by atoms with van der Waals surface area (Å²) in [5.74, 6) is 1.39. The van der Waals surface area contributed by atoms with Crippen LogP contribution in [-0.2, 0) is 10.2 Å². The molecule has 3 aliphatic rings. The molecule has 4 heterocycles. The van der Waals surface area contributed by atoms with Gasteiger partial charge < -0.3 is 9.47 Å². The first-order valence-corrected chi connectivity index (χ1v) is 8.87. The molecule has 22 heavy (non-hydrogen) atoms. The van der Waals surface area contributed by atoms with Gasteiger partial charge in [-0.1, -0.05) is 6.92 Å². The number of ether oxygens (including phenoxy) is 2. The Morgan fingerprint density at radius 3 is 2.82 bits per heavy atom. The van der Waals surface area contributed by atoms with E-state index in [1.807, 2.05) is 10.6 Å². The molecule has 1 unspecified atom stereocenters. The van der Waals surface area contributed by atoms with Gasteiger partial charge in [0.15, 0.2) is 0 Å². The first kappa shape index (κ1) is 14.7. The zero-order valence-electron chi connectivity index (χ0n) is 13.1. The van der Waals surface area contributed by atoms with Gasteiger partial charge in [-0.2, -0.15) is 4.98 Å². The molecule has 2 aromatic rings. The molecule has 0 radical (unpaired) electrons. The smallest absolute Gasteiger partial charge is 0.237 e. The van der Waals surface area contributed by atoms with Crippen LogP contribution in [0.25, 0.3) is 5.78 Å². The lowest BCUT2D eigenvalue weighted by molar-refractivity contribution is 0.0154. The highest BCUT2D eigenvalue weighted by Gasteiger charge is 2.61. The Morgan fingerprint density at radius 2 is 2.18 bits per heavy atom. The van der Waals surface area contributed by atoms with E-state index in [0.29, 0.717) is 11.7 Å². The van der Waals surface area contributed by atoms with Crippen LogP contribution in [0, 0.1) is 3.57 Å². The van der Waals surface area contributed by atoms with Gasteiger partial charge in [-0.25, -0.2) is 4.98 Å². The van der Waals surface area contributed by atoms with Crippen LogP contribution in [0.1, 0.15) is 45.7 Å². The summed E-state index contributed by atoms with van der Waals surface area (Å²) in [4.78, 5) is 9.36. The van der Waals surface area contributed by atoms with Crippen LogP contribution in [0.3, 0.4) is 0 Å². The molecule has 0 N–H and O–H groups in total. The van der Waals surface area contributed by atoms with Crippen molar-refractivity contribution in [1.82, 2.24) is 14.4 Å². The van der Waals surface area contributed by atoms with Crippen LogP contribution in [0.15, 0.2) is 12.4 Å². The monoisotopic (exact) mass is 413 g/mol. The van der Waals surface area contributed by atoms with Crippen molar-refractivity contribution < 1.29 is 9.47 Å². The van der Waals surface area contributed by atoms with Crippen molar-refractivity contribution in [2.24, 2.45) is 0 Å². The van der Waals surface area contributed by atoms with E-state index in [0.717, 1.165) is 35.1 Å². The minimum Gasteiger partial charge on any atom is -0.474 e. The molecule has 1 aliphatic carbocycles. The van der Waals surface area contributed by atoms with Crippen LogP contribution in [0.4, 0.5) is 0 Å². The Hall–Kier alpha value is -0.890. The quantitative estimate of drug-likeness (QED) is 0.722. The van der Waals surface area contributed by atoms with Gasteiger partial charge in [0.1, 0.15) is 0 Å². The molecule has 2 saturated heterocycles. The molecular formula is C16H20IN3O2. The van der Waals surface area contributed by atoms with Gasteiger partial charge in [0.05, 0.1) is 27.6 Å². The highest BCUT2D eigenvalue weighted by molar-refractivity contribution is 14.1. The predicted octanol–water partition coefficient (Wildman–Crippen LogP) is 3.33. The lowest BCUT2D eigenvalue weighted by Crippen LogP contribution is -2.45. The minimum atomic E-state index is 0.0719. The second kappa shape index (κ2) is 4.80. The third kappa shape index (κ3) is 2.14. The van der Waals surface area contributed by atoms with Gasteiger partial charge >= 0.3 is 0 Å². The molecule has 2 aliphatic heterocycles. The van der Waals surface area contributed by atoms with Crippen molar-refractivity contribution in [3.8, 4) is 5.88 Å². The Bertz CT molecular complexity index is 736. The summed E-state index contributed by atoms with van der Waals surface area (Å²) < 4.78 is 14.8. The predicted molar refractivity (Wildman–Crippen MR) is 91.4 cm³/mol. The summed E-state index contributed by atoms with van der Waals surface area (Å²) in [6.07, 6.45) is 7.40. The van der Waals surface area contributed by atoms with Gasteiger partial charge in [-0.3, -0.25) is 4.40 Å². The fraction of sp³-hybridized carbons (Fsp3) is 0.625. The molecule has 1 saturated carbocycles. The van der Waals surface area contributed by atoms with Crippen molar-refractivity contribution in [2.75, 3.05) is 6.61 Å². The average Bonchev–Trinajstić information content (AvgIpc) is 3.09. The van der Waals surface area contributed by atoms with Crippen molar-refractivity contribution in [2.45, 2.75) is 57.2 Å². The number of nitrogens with zero attached hydrogens (tertiary/aromatic N) is 3. The molecular weight excluding hydrogens is 393 g/mol. The summed E-state index contributed by atoms with van der Waals surface area (Å²) in [7, 11) is 0. The zero-order chi connectivity index (χ0) is 15.5. The number of halogens is 1. The maximum atomic E-state index is 5.89. The third-order valence-electron chi connectivity index (χ3n) is 4.92. The molecule has 0 spiro atoms. The average molecular weight is 413 g/mol. The van der Waals surface area contributed by atoms with E-state index in [4.69, 9.17) is 14.5 Å². The van der Waals surface area contributed by atoms with Gasteiger partial charge in [0, 0.05) is 17.8 Å². The largest absolute Gasteiger partial charge is 0.474 e. The second-order valence-corrected chi connectivity index (χ2v) is 8.10. The molecule has 5 rings (SSSR count). The third-order valence-corrected chi connectivity index (χ3v) is 5.66. The Balaban J connectivity index is 1.70. The maximum absolute atomic E-state index is 5.89. The van der Waals surface area contributed by atoms with E-state index >= 15 is 0 Å². The first-order chi connectivity index (χ1) is 10.4. The van der Waals surface area contributed by atoms with Crippen LogP contribution in [0.5, 0.6) is 5.88 Å². The number of hydrogen-bond donors (Lipinski definition) is 0. The Labute approximate surface area is 143 Å². The summed E-state index contributed by atoms with van der Waals surface area (Å²) in [5, 5.41) is 0. The second-order valence-electron chi connectivity index (χ2n) is 6.94. The molecule has 1 atom stereocenters. The van der Waals surface area contributed by atoms with Gasteiger partial charge in [0.25, 0.3) is 0 Å². The van der Waals surface area contributed by atoms with Crippen LogP contribution in [0.2, 0.25) is 0 Å². The van der Waals surface area contributed by atoms with E-state index in [-0.39, 0.29) is 17.1 Å². The topological polar surface area (TPSA) is 48.7 Å². The molecule has 6 heteroatoms. The SMILES string of the molecule is CCC(C)Oc1nc2nc(C34COC(C)(C3)C4)cn2cc1I. The van der Waals surface area contributed by atoms with Crippen molar-refractivity contribution >= 4 is 28.4 Å². The van der Waals surface area contributed by atoms with E-state index < -0.39 is 0 Å². The van der Waals surface area contributed by atoms with Gasteiger partial charge in [-0.15, -0.1) is 0 Å². The van der Waals surface area contributed by atoms with Crippen molar-refractivity contribution in [1.29, 1.82) is 0 Å². The number of fused-ring (bicyclic) bond motifs is 2. The molecule has 2 bridgehead atoms. The standard InChI is InChI=1S/C16H20IN3O2/c1-4-10(2)22-13-11(17)5-20-6-12(18-14(20)19-13)16-7-15(3,8-16)21-9-16/h5-6,10H,4,7-9H2,1-3H3. The number of rotatable bonds is 4. The lowest BCUT2D eigenvalue weighted by Gasteiger charge is -2.41. The van der Waals surface area contributed by atoms with Crippen LogP contribution in [-0.4, -0.2) is 32.7 Å². The van der Waals surface area contributed by atoms with E-state index in [9.17, 15) is 0 Å². The molecule has 118 valence electrons. The Kier molecular flexibility index (Phi) is 3.21.